The minimum atomic E-state index is -0.385. The predicted molar refractivity (Wildman–Crippen MR) is 74.6 cm³/mol. The van der Waals surface area contributed by atoms with Crippen molar-refractivity contribution in [2.75, 3.05) is 24.6 Å². The van der Waals surface area contributed by atoms with Gasteiger partial charge in [-0.1, -0.05) is 18.2 Å². The van der Waals surface area contributed by atoms with Gasteiger partial charge in [0.2, 0.25) is 5.91 Å². The van der Waals surface area contributed by atoms with Crippen LogP contribution in [0, 0.1) is 0 Å². The van der Waals surface area contributed by atoms with Gasteiger partial charge in [-0.25, -0.2) is 4.79 Å². The lowest BCUT2D eigenvalue weighted by molar-refractivity contribution is -0.120. The number of cyclic esters (lactones) is 1. The molecule has 0 radical (unpaired) electrons. The van der Waals surface area contributed by atoms with Crippen LogP contribution in [0.1, 0.15) is 18.9 Å². The summed E-state index contributed by atoms with van der Waals surface area (Å²) in [5.74, 6) is -0.0405. The van der Waals surface area contributed by atoms with Crippen molar-refractivity contribution in [1.29, 1.82) is 0 Å². The molecule has 0 bridgehead atoms. The molecule has 0 aromatic heterocycles. The molecule has 1 fully saturated rings. The van der Waals surface area contributed by atoms with Crippen molar-refractivity contribution in [3.63, 3.8) is 0 Å². The molecule has 106 valence electrons. The van der Waals surface area contributed by atoms with Crippen molar-refractivity contribution >= 4 is 17.7 Å². The van der Waals surface area contributed by atoms with Gasteiger partial charge in [-0.05, 0) is 31.4 Å². The first-order valence-corrected chi connectivity index (χ1v) is 6.98. The van der Waals surface area contributed by atoms with Gasteiger partial charge in [0.1, 0.15) is 6.54 Å². The van der Waals surface area contributed by atoms with Crippen molar-refractivity contribution in [3.8, 4) is 0 Å². The maximum Gasteiger partial charge on any atom is 0.410 e. The molecule has 3 rings (SSSR count). The summed E-state index contributed by atoms with van der Waals surface area (Å²) in [6, 6.07) is 8.08. The molecule has 0 spiro atoms. The Morgan fingerprint density at radius 2 is 2.20 bits per heavy atom. The third-order valence-electron chi connectivity index (χ3n) is 3.86. The summed E-state index contributed by atoms with van der Waals surface area (Å²) in [5, 5.41) is 0. The molecule has 0 saturated carbocycles. The van der Waals surface area contributed by atoms with Gasteiger partial charge in [0.05, 0.1) is 6.61 Å². The van der Waals surface area contributed by atoms with Crippen molar-refractivity contribution in [1.82, 2.24) is 4.90 Å². The molecule has 0 aliphatic carbocycles. The molecular weight excluding hydrogens is 256 g/mol. The van der Waals surface area contributed by atoms with E-state index in [4.69, 9.17) is 4.74 Å². The number of para-hydroxylation sites is 1. The molecule has 1 aromatic carbocycles. The molecule has 0 N–H and O–H groups in total. The number of hydrogen-bond donors (Lipinski definition) is 0. The zero-order valence-corrected chi connectivity index (χ0v) is 11.5. The van der Waals surface area contributed by atoms with Gasteiger partial charge in [-0.2, -0.15) is 0 Å². The Balaban J connectivity index is 1.75. The maximum absolute atomic E-state index is 12.5. The fraction of sp³-hybridized carbons (Fsp3) is 0.467. The minimum absolute atomic E-state index is 0.0405. The molecule has 2 amide bonds. The number of ether oxygens (including phenoxy) is 1. The van der Waals surface area contributed by atoms with Gasteiger partial charge in [-0.15, -0.1) is 0 Å². The van der Waals surface area contributed by atoms with Gasteiger partial charge < -0.3 is 9.64 Å². The Hall–Kier alpha value is -2.04. The Morgan fingerprint density at radius 1 is 1.40 bits per heavy atom. The second kappa shape index (κ2) is 5.15. The first-order chi connectivity index (χ1) is 9.66. The molecule has 2 aliphatic rings. The molecule has 5 heteroatoms. The molecule has 1 atom stereocenters. The lowest BCUT2D eigenvalue weighted by atomic mass is 10.1. The number of hydrogen-bond acceptors (Lipinski definition) is 3. The lowest BCUT2D eigenvalue weighted by Gasteiger charge is -2.29. The van der Waals surface area contributed by atoms with Crippen molar-refractivity contribution in [3.05, 3.63) is 29.8 Å². The van der Waals surface area contributed by atoms with Gasteiger partial charge in [0, 0.05) is 18.3 Å². The Labute approximate surface area is 118 Å². The Bertz CT molecular complexity index is 544. The molecule has 5 nitrogen and oxygen atoms in total. The topological polar surface area (TPSA) is 49.9 Å². The zero-order valence-electron chi connectivity index (χ0n) is 11.5. The monoisotopic (exact) mass is 274 g/mol. The van der Waals surface area contributed by atoms with Crippen molar-refractivity contribution < 1.29 is 14.3 Å². The van der Waals surface area contributed by atoms with Crippen molar-refractivity contribution in [2.24, 2.45) is 0 Å². The van der Waals surface area contributed by atoms with Crippen LogP contribution in [0.15, 0.2) is 24.3 Å². The smallest absolute Gasteiger partial charge is 0.410 e. The zero-order chi connectivity index (χ0) is 14.1. The minimum Gasteiger partial charge on any atom is -0.449 e. The fourth-order valence-corrected chi connectivity index (χ4v) is 2.93. The third kappa shape index (κ3) is 2.24. The molecule has 20 heavy (non-hydrogen) atoms. The van der Waals surface area contributed by atoms with Crippen LogP contribution in [0.3, 0.4) is 0 Å². The highest BCUT2D eigenvalue weighted by Gasteiger charge is 2.32. The largest absolute Gasteiger partial charge is 0.449 e. The second-order valence-corrected chi connectivity index (χ2v) is 5.34. The number of anilines is 1. The summed E-state index contributed by atoms with van der Waals surface area (Å²) in [7, 11) is 0. The number of benzene rings is 1. The number of rotatable bonds is 2. The average Bonchev–Trinajstić information content (AvgIpc) is 2.77. The first kappa shape index (κ1) is 13.0. The first-order valence-electron chi connectivity index (χ1n) is 6.98. The van der Waals surface area contributed by atoms with E-state index in [9.17, 15) is 9.59 Å². The molecule has 1 saturated heterocycles. The number of carbonyl (C=O) groups excluding carboxylic acids is 2. The summed E-state index contributed by atoms with van der Waals surface area (Å²) in [4.78, 5) is 27.4. The van der Waals surface area contributed by atoms with Gasteiger partial charge in [-0.3, -0.25) is 9.69 Å². The fourth-order valence-electron chi connectivity index (χ4n) is 2.93. The number of fused-ring (bicyclic) bond motifs is 1. The van der Waals surface area contributed by atoms with Crippen LogP contribution in [0.5, 0.6) is 0 Å². The SMILES string of the molecule is CC1Cc2ccccc2N1C(=O)CN1CCCOC1=O. The predicted octanol–water partition coefficient (Wildman–Crippen LogP) is 1.81. The summed E-state index contributed by atoms with van der Waals surface area (Å²) >= 11 is 0. The molecule has 2 heterocycles. The Kier molecular flexibility index (Phi) is 3.34. The summed E-state index contributed by atoms with van der Waals surface area (Å²) in [6.45, 7) is 3.17. The van der Waals surface area contributed by atoms with E-state index in [-0.39, 0.29) is 24.6 Å². The van der Waals surface area contributed by atoms with Gasteiger partial charge in [0.15, 0.2) is 0 Å². The molecule has 2 aliphatic heterocycles. The third-order valence-corrected chi connectivity index (χ3v) is 3.86. The van der Waals surface area contributed by atoms with Crippen LogP contribution >= 0.6 is 0 Å². The van der Waals surface area contributed by atoms with Crippen molar-refractivity contribution in [2.45, 2.75) is 25.8 Å². The molecule has 1 aromatic rings. The van der Waals surface area contributed by atoms with Gasteiger partial charge >= 0.3 is 6.09 Å². The maximum atomic E-state index is 12.5. The van der Waals surface area contributed by atoms with Crippen LogP contribution < -0.4 is 4.90 Å². The quantitative estimate of drug-likeness (QED) is 0.826. The van der Waals surface area contributed by atoms with E-state index >= 15 is 0 Å². The van der Waals surface area contributed by atoms with Crippen LogP contribution in [-0.2, 0) is 16.0 Å². The highest BCUT2D eigenvalue weighted by atomic mass is 16.6. The van der Waals surface area contributed by atoms with E-state index in [1.807, 2.05) is 31.2 Å². The second-order valence-electron chi connectivity index (χ2n) is 5.34. The normalized spacial score (nSPS) is 21.6. The molecule has 1 unspecified atom stereocenters. The Morgan fingerprint density at radius 3 is 3.00 bits per heavy atom. The highest BCUT2D eigenvalue weighted by molar-refractivity contribution is 5.98. The van der Waals surface area contributed by atoms with Crippen LogP contribution in [0.2, 0.25) is 0 Å². The van der Waals surface area contributed by atoms with E-state index < -0.39 is 0 Å². The van der Waals surface area contributed by atoms with E-state index in [2.05, 4.69) is 0 Å². The van der Waals surface area contributed by atoms with Crippen LogP contribution in [-0.4, -0.2) is 42.6 Å². The van der Waals surface area contributed by atoms with E-state index in [0.717, 1.165) is 18.5 Å². The summed E-state index contributed by atoms with van der Waals surface area (Å²) in [5.41, 5.74) is 2.16. The number of nitrogens with zero attached hydrogens (tertiary/aromatic N) is 2. The number of carbonyl (C=O) groups is 2. The summed E-state index contributed by atoms with van der Waals surface area (Å²) in [6.07, 6.45) is 1.27. The standard InChI is InChI=1S/C15H18N2O3/c1-11-9-12-5-2-3-6-13(12)17(11)14(18)10-16-7-4-8-20-15(16)19/h2-3,5-6,11H,4,7-10H2,1H3. The van der Waals surface area contributed by atoms with Crippen LogP contribution in [0.25, 0.3) is 0 Å². The lowest BCUT2D eigenvalue weighted by Crippen LogP contribution is -2.47. The van der Waals surface area contributed by atoms with E-state index in [1.54, 1.807) is 4.90 Å². The number of amides is 2. The van der Waals surface area contributed by atoms with E-state index in [0.29, 0.717) is 13.2 Å². The van der Waals surface area contributed by atoms with E-state index in [1.165, 1.54) is 10.5 Å². The van der Waals surface area contributed by atoms with Crippen LogP contribution in [0.4, 0.5) is 10.5 Å². The average molecular weight is 274 g/mol. The van der Waals surface area contributed by atoms with Gasteiger partial charge in [0.25, 0.3) is 0 Å². The summed E-state index contributed by atoms with van der Waals surface area (Å²) < 4.78 is 4.97. The highest BCUT2D eigenvalue weighted by Crippen LogP contribution is 2.31. The molecular formula is C15H18N2O3.